The number of phenolic OH excluding ortho intramolecular Hbond substituents is 1. The van der Waals surface area contributed by atoms with Crippen molar-refractivity contribution in [2.24, 2.45) is 0 Å². The first-order valence-corrected chi connectivity index (χ1v) is 5.98. The van der Waals surface area contributed by atoms with Gasteiger partial charge in [-0.05, 0) is 30.0 Å². The highest BCUT2D eigenvalue weighted by molar-refractivity contribution is 5.70. The second-order valence-electron chi connectivity index (χ2n) is 4.80. The van der Waals surface area contributed by atoms with Crippen LogP contribution in [0.15, 0.2) is 42.5 Å². The predicted octanol–water partition coefficient (Wildman–Crippen LogP) is 4.49. The molecule has 0 bridgehead atoms. The van der Waals surface area contributed by atoms with Crippen LogP contribution in [0.4, 0.5) is 0 Å². The van der Waals surface area contributed by atoms with Gasteiger partial charge in [0.1, 0.15) is 5.75 Å². The Hall–Kier alpha value is -1.76. The lowest BCUT2D eigenvalue weighted by molar-refractivity contribution is 0.476. The van der Waals surface area contributed by atoms with E-state index in [1.807, 2.05) is 24.3 Å². The SMILES string of the molecule is Cc1ccc(-c2ccc(C(C)C)cc2O)cc1. The maximum atomic E-state index is 10.1. The van der Waals surface area contributed by atoms with Crippen LogP contribution in [-0.2, 0) is 0 Å². The summed E-state index contributed by atoms with van der Waals surface area (Å²) in [4.78, 5) is 0. The summed E-state index contributed by atoms with van der Waals surface area (Å²) in [5, 5.41) is 10.1. The first-order chi connectivity index (χ1) is 8.08. The topological polar surface area (TPSA) is 20.2 Å². The first-order valence-electron chi connectivity index (χ1n) is 5.98. The van der Waals surface area contributed by atoms with Crippen LogP contribution >= 0.6 is 0 Å². The van der Waals surface area contributed by atoms with Gasteiger partial charge in [0, 0.05) is 5.56 Å². The molecule has 0 amide bonds. The van der Waals surface area contributed by atoms with Crippen LogP contribution in [-0.4, -0.2) is 5.11 Å². The summed E-state index contributed by atoms with van der Waals surface area (Å²) in [5.74, 6) is 0.799. The molecule has 0 radical (unpaired) electrons. The van der Waals surface area contributed by atoms with E-state index in [2.05, 4.69) is 39.0 Å². The number of hydrogen-bond acceptors (Lipinski definition) is 1. The summed E-state index contributed by atoms with van der Waals surface area (Å²) in [7, 11) is 0. The van der Waals surface area contributed by atoms with Gasteiger partial charge in [-0.15, -0.1) is 0 Å². The molecule has 0 heterocycles. The van der Waals surface area contributed by atoms with Crippen molar-refractivity contribution in [1.82, 2.24) is 0 Å². The van der Waals surface area contributed by atoms with Gasteiger partial charge in [-0.2, -0.15) is 0 Å². The number of hydrogen-bond donors (Lipinski definition) is 1. The first kappa shape index (κ1) is 11.7. The van der Waals surface area contributed by atoms with Crippen LogP contribution in [0.2, 0.25) is 0 Å². The molecule has 88 valence electrons. The van der Waals surface area contributed by atoms with Crippen LogP contribution in [0, 0.1) is 6.92 Å². The molecule has 2 rings (SSSR count). The van der Waals surface area contributed by atoms with E-state index >= 15 is 0 Å². The van der Waals surface area contributed by atoms with Crippen molar-refractivity contribution in [3.8, 4) is 16.9 Å². The van der Waals surface area contributed by atoms with E-state index in [4.69, 9.17) is 0 Å². The minimum atomic E-state index is 0.361. The molecule has 0 spiro atoms. The third-order valence-electron chi connectivity index (χ3n) is 3.05. The molecule has 2 aromatic rings. The van der Waals surface area contributed by atoms with Crippen molar-refractivity contribution in [3.05, 3.63) is 53.6 Å². The zero-order valence-corrected chi connectivity index (χ0v) is 10.6. The smallest absolute Gasteiger partial charge is 0.123 e. The molecular formula is C16H18O. The molecule has 0 aliphatic carbocycles. The maximum absolute atomic E-state index is 10.1. The van der Waals surface area contributed by atoms with Crippen LogP contribution in [0.5, 0.6) is 5.75 Å². The van der Waals surface area contributed by atoms with Crippen molar-refractivity contribution < 1.29 is 5.11 Å². The van der Waals surface area contributed by atoms with Crippen molar-refractivity contribution in [3.63, 3.8) is 0 Å². The molecule has 1 N–H and O–H groups in total. The van der Waals surface area contributed by atoms with E-state index in [1.54, 1.807) is 0 Å². The lowest BCUT2D eigenvalue weighted by atomic mass is 9.97. The third kappa shape index (κ3) is 2.50. The molecule has 0 aromatic heterocycles. The molecule has 0 unspecified atom stereocenters. The minimum Gasteiger partial charge on any atom is -0.507 e. The Labute approximate surface area is 103 Å². The Bertz CT molecular complexity index is 510. The Balaban J connectivity index is 2.43. The molecule has 0 saturated heterocycles. The number of benzene rings is 2. The summed E-state index contributed by atoms with van der Waals surface area (Å²) < 4.78 is 0. The van der Waals surface area contributed by atoms with E-state index in [1.165, 1.54) is 11.1 Å². The van der Waals surface area contributed by atoms with Gasteiger partial charge in [0.05, 0.1) is 0 Å². The molecule has 1 nitrogen and oxygen atoms in total. The molecule has 17 heavy (non-hydrogen) atoms. The van der Waals surface area contributed by atoms with E-state index < -0.39 is 0 Å². The highest BCUT2D eigenvalue weighted by Gasteiger charge is 2.06. The Morgan fingerprint density at radius 2 is 1.59 bits per heavy atom. The van der Waals surface area contributed by atoms with E-state index in [9.17, 15) is 5.11 Å². The molecule has 1 heteroatoms. The van der Waals surface area contributed by atoms with Crippen molar-refractivity contribution in [1.29, 1.82) is 0 Å². The number of rotatable bonds is 2. The molecule has 0 saturated carbocycles. The van der Waals surface area contributed by atoms with Gasteiger partial charge < -0.3 is 5.11 Å². The largest absolute Gasteiger partial charge is 0.507 e. The average Bonchev–Trinajstić information content (AvgIpc) is 2.30. The van der Waals surface area contributed by atoms with Gasteiger partial charge in [0.2, 0.25) is 0 Å². The zero-order chi connectivity index (χ0) is 12.4. The van der Waals surface area contributed by atoms with Crippen molar-refractivity contribution >= 4 is 0 Å². The molecular weight excluding hydrogens is 208 g/mol. The second kappa shape index (κ2) is 4.62. The lowest BCUT2D eigenvalue weighted by Gasteiger charge is -2.10. The molecule has 0 atom stereocenters. The van der Waals surface area contributed by atoms with Gasteiger partial charge in [-0.3, -0.25) is 0 Å². The normalized spacial score (nSPS) is 10.8. The number of aromatic hydroxyl groups is 1. The number of phenols is 1. The van der Waals surface area contributed by atoms with Crippen LogP contribution in [0.1, 0.15) is 30.9 Å². The van der Waals surface area contributed by atoms with Gasteiger partial charge in [0.25, 0.3) is 0 Å². The average molecular weight is 226 g/mol. The molecule has 2 aromatic carbocycles. The number of aryl methyl sites for hydroxylation is 1. The van der Waals surface area contributed by atoms with Crippen molar-refractivity contribution in [2.75, 3.05) is 0 Å². The summed E-state index contributed by atoms with van der Waals surface area (Å²) in [6.07, 6.45) is 0. The zero-order valence-electron chi connectivity index (χ0n) is 10.6. The van der Waals surface area contributed by atoms with Crippen LogP contribution < -0.4 is 0 Å². The highest BCUT2D eigenvalue weighted by atomic mass is 16.3. The van der Waals surface area contributed by atoms with Gasteiger partial charge in [-0.25, -0.2) is 0 Å². The lowest BCUT2D eigenvalue weighted by Crippen LogP contribution is -1.88. The van der Waals surface area contributed by atoms with Crippen molar-refractivity contribution in [2.45, 2.75) is 26.7 Å². The summed E-state index contributed by atoms with van der Waals surface area (Å²) in [6.45, 7) is 6.31. The molecule has 0 aliphatic heterocycles. The third-order valence-corrected chi connectivity index (χ3v) is 3.05. The van der Waals surface area contributed by atoms with E-state index in [0.29, 0.717) is 11.7 Å². The Kier molecular flexibility index (Phi) is 3.19. The highest BCUT2D eigenvalue weighted by Crippen LogP contribution is 2.31. The maximum Gasteiger partial charge on any atom is 0.123 e. The molecule has 0 fully saturated rings. The quantitative estimate of drug-likeness (QED) is 0.799. The van der Waals surface area contributed by atoms with E-state index in [0.717, 1.165) is 11.1 Å². The van der Waals surface area contributed by atoms with Crippen LogP contribution in [0.3, 0.4) is 0 Å². The Morgan fingerprint density at radius 3 is 2.12 bits per heavy atom. The Morgan fingerprint density at radius 1 is 0.941 bits per heavy atom. The summed E-state index contributed by atoms with van der Waals surface area (Å²) >= 11 is 0. The standard InChI is InChI=1S/C16H18O/c1-11(2)14-8-9-15(16(17)10-14)13-6-4-12(3)5-7-13/h4-11,17H,1-3H3. The fourth-order valence-corrected chi connectivity index (χ4v) is 1.89. The van der Waals surface area contributed by atoms with Crippen LogP contribution in [0.25, 0.3) is 11.1 Å². The van der Waals surface area contributed by atoms with E-state index in [-0.39, 0.29) is 0 Å². The molecule has 0 aliphatic rings. The fourth-order valence-electron chi connectivity index (χ4n) is 1.89. The van der Waals surface area contributed by atoms with Gasteiger partial charge in [-0.1, -0.05) is 55.8 Å². The summed E-state index contributed by atoms with van der Waals surface area (Å²) in [5.41, 5.74) is 4.35. The monoisotopic (exact) mass is 226 g/mol. The van der Waals surface area contributed by atoms with Gasteiger partial charge in [0.15, 0.2) is 0 Å². The van der Waals surface area contributed by atoms with Gasteiger partial charge >= 0.3 is 0 Å². The minimum absolute atomic E-state index is 0.361. The second-order valence-corrected chi connectivity index (χ2v) is 4.80. The summed E-state index contributed by atoms with van der Waals surface area (Å²) in [6, 6.07) is 14.1. The predicted molar refractivity (Wildman–Crippen MR) is 72.4 cm³/mol. The fraction of sp³-hybridized carbons (Fsp3) is 0.250.